The highest BCUT2D eigenvalue weighted by atomic mass is 32.2. The minimum Gasteiger partial charge on any atom is -0.278 e. The fraction of sp³-hybridized carbons (Fsp3) is 0.316. The second-order valence-electron chi connectivity index (χ2n) is 7.54. The van der Waals surface area contributed by atoms with Gasteiger partial charge in [-0.15, -0.1) is 0 Å². The van der Waals surface area contributed by atoms with Gasteiger partial charge in [0.25, 0.3) is 10.0 Å². The topological polar surface area (TPSA) is 89.8 Å². The molecule has 0 saturated heterocycles. The molecule has 8 heteroatoms. The monoisotopic (exact) mass is 385 g/mol. The molecule has 3 rings (SSSR count). The van der Waals surface area contributed by atoms with E-state index >= 15 is 0 Å². The maximum Gasteiger partial charge on any atom is 0.262 e. The Labute approximate surface area is 159 Å². The summed E-state index contributed by atoms with van der Waals surface area (Å²) in [6.45, 7) is 9.97. The Morgan fingerprint density at radius 2 is 1.74 bits per heavy atom. The molecule has 0 saturated carbocycles. The summed E-state index contributed by atoms with van der Waals surface area (Å²) in [7, 11) is -3.73. The molecule has 1 aromatic carbocycles. The van der Waals surface area contributed by atoms with Gasteiger partial charge in [0.1, 0.15) is 12.7 Å². The van der Waals surface area contributed by atoms with Gasteiger partial charge in [0.15, 0.2) is 5.82 Å². The highest BCUT2D eigenvalue weighted by Crippen LogP contribution is 2.30. The van der Waals surface area contributed by atoms with Crippen molar-refractivity contribution in [3.63, 3.8) is 0 Å². The maximum atomic E-state index is 13.0. The quantitative estimate of drug-likeness (QED) is 0.744. The van der Waals surface area contributed by atoms with Gasteiger partial charge in [-0.3, -0.25) is 4.72 Å². The lowest BCUT2D eigenvalue weighted by Crippen LogP contribution is -2.18. The molecular weight excluding hydrogens is 362 g/mol. The van der Waals surface area contributed by atoms with Crippen LogP contribution in [-0.4, -0.2) is 28.2 Å². The van der Waals surface area contributed by atoms with E-state index in [1.807, 2.05) is 26.0 Å². The third-order valence-electron chi connectivity index (χ3n) is 4.25. The van der Waals surface area contributed by atoms with E-state index < -0.39 is 10.0 Å². The Hall–Kier alpha value is -2.74. The van der Waals surface area contributed by atoms with E-state index in [9.17, 15) is 8.42 Å². The van der Waals surface area contributed by atoms with Crippen LogP contribution in [-0.2, 0) is 15.4 Å². The zero-order valence-corrected chi connectivity index (χ0v) is 16.9. The van der Waals surface area contributed by atoms with E-state index in [1.54, 1.807) is 12.1 Å². The van der Waals surface area contributed by atoms with Crippen molar-refractivity contribution in [3.05, 3.63) is 59.8 Å². The average molecular weight is 385 g/mol. The summed E-state index contributed by atoms with van der Waals surface area (Å²) in [5, 5.41) is 3.99. The second kappa shape index (κ2) is 6.77. The van der Waals surface area contributed by atoms with Crippen molar-refractivity contribution in [1.29, 1.82) is 0 Å². The molecule has 0 fully saturated rings. The fourth-order valence-electron chi connectivity index (χ4n) is 2.92. The van der Waals surface area contributed by atoms with Crippen LogP contribution >= 0.6 is 0 Å². The second-order valence-corrected chi connectivity index (χ2v) is 9.16. The number of rotatable bonds is 4. The van der Waals surface area contributed by atoms with E-state index in [2.05, 4.69) is 40.6 Å². The number of sulfonamides is 1. The average Bonchev–Trinajstić information content (AvgIpc) is 3.07. The molecule has 0 aliphatic heterocycles. The molecule has 0 unspecified atom stereocenters. The highest BCUT2D eigenvalue weighted by Gasteiger charge is 2.23. The van der Waals surface area contributed by atoms with Gasteiger partial charge in [-0.05, 0) is 48.1 Å². The van der Waals surface area contributed by atoms with Crippen LogP contribution < -0.4 is 4.72 Å². The molecule has 0 spiro atoms. The van der Waals surface area contributed by atoms with E-state index in [1.165, 1.54) is 23.5 Å². The van der Waals surface area contributed by atoms with Crippen LogP contribution in [0.25, 0.3) is 5.82 Å². The maximum absolute atomic E-state index is 13.0. The number of anilines is 1. The number of aryl methyl sites for hydroxylation is 2. The van der Waals surface area contributed by atoms with Crippen LogP contribution in [0.5, 0.6) is 0 Å². The summed E-state index contributed by atoms with van der Waals surface area (Å²) in [6, 6.07) is 7.20. The van der Waals surface area contributed by atoms with Gasteiger partial charge in [0.2, 0.25) is 0 Å². The van der Waals surface area contributed by atoms with Gasteiger partial charge in [0.05, 0.1) is 16.8 Å². The van der Waals surface area contributed by atoms with Crippen LogP contribution in [0.1, 0.15) is 37.5 Å². The van der Waals surface area contributed by atoms with Crippen molar-refractivity contribution in [1.82, 2.24) is 19.7 Å². The predicted molar refractivity (Wildman–Crippen MR) is 105 cm³/mol. The lowest BCUT2D eigenvalue weighted by Gasteiger charge is -2.22. The lowest BCUT2D eigenvalue weighted by molar-refractivity contribution is 0.585. The molecule has 0 aliphatic carbocycles. The predicted octanol–water partition coefficient (Wildman–Crippen LogP) is 3.38. The summed E-state index contributed by atoms with van der Waals surface area (Å²) in [6.07, 6.45) is 4.39. The Bertz CT molecular complexity index is 1030. The highest BCUT2D eigenvalue weighted by molar-refractivity contribution is 7.92. The van der Waals surface area contributed by atoms with Crippen molar-refractivity contribution < 1.29 is 8.42 Å². The Morgan fingerprint density at radius 3 is 2.22 bits per heavy atom. The lowest BCUT2D eigenvalue weighted by atomic mass is 9.85. The smallest absolute Gasteiger partial charge is 0.262 e. The first kappa shape index (κ1) is 19.0. The van der Waals surface area contributed by atoms with Gasteiger partial charge in [-0.2, -0.15) is 5.10 Å². The molecule has 0 aliphatic rings. The largest absolute Gasteiger partial charge is 0.278 e. The molecule has 2 aromatic heterocycles. The van der Waals surface area contributed by atoms with Gasteiger partial charge in [0, 0.05) is 0 Å². The van der Waals surface area contributed by atoms with E-state index in [0.29, 0.717) is 16.4 Å². The van der Waals surface area contributed by atoms with Crippen LogP contribution in [0, 0.1) is 13.8 Å². The van der Waals surface area contributed by atoms with Gasteiger partial charge >= 0.3 is 0 Å². The van der Waals surface area contributed by atoms with Gasteiger partial charge < -0.3 is 0 Å². The summed E-state index contributed by atoms with van der Waals surface area (Å²) >= 11 is 0. The summed E-state index contributed by atoms with van der Waals surface area (Å²) in [5.74, 6) is 0.553. The van der Waals surface area contributed by atoms with Crippen LogP contribution in [0.3, 0.4) is 0 Å². The number of hydrogen-bond acceptors (Lipinski definition) is 5. The number of nitrogens with one attached hydrogen (secondary N) is 1. The molecule has 142 valence electrons. The van der Waals surface area contributed by atoms with Gasteiger partial charge in [-0.25, -0.2) is 23.1 Å². The van der Waals surface area contributed by atoms with E-state index in [0.717, 1.165) is 16.7 Å². The third-order valence-corrected chi connectivity index (χ3v) is 5.93. The number of aromatic nitrogens is 4. The SMILES string of the molecule is Cc1cc(C(C)(C)C)cc(C)c1S(=O)(=O)Nc1ccc(-n2cncn2)nc1. The van der Waals surface area contributed by atoms with E-state index in [-0.39, 0.29) is 5.41 Å². The Morgan fingerprint density at radius 1 is 1.07 bits per heavy atom. The fourth-order valence-corrected chi connectivity index (χ4v) is 4.42. The molecule has 2 heterocycles. The Balaban J connectivity index is 1.91. The van der Waals surface area contributed by atoms with E-state index in [4.69, 9.17) is 0 Å². The molecule has 1 N–H and O–H groups in total. The van der Waals surface area contributed by atoms with Crippen molar-refractivity contribution in [2.24, 2.45) is 0 Å². The first-order valence-electron chi connectivity index (χ1n) is 8.53. The molecule has 3 aromatic rings. The molecule has 27 heavy (non-hydrogen) atoms. The molecule has 0 amide bonds. The molecule has 0 radical (unpaired) electrons. The first-order chi connectivity index (χ1) is 12.6. The molecule has 0 atom stereocenters. The van der Waals surface area contributed by atoms with Crippen molar-refractivity contribution in [3.8, 4) is 5.82 Å². The third kappa shape index (κ3) is 4.00. The molecule has 0 bridgehead atoms. The number of benzene rings is 1. The minimum absolute atomic E-state index is 0.0493. The minimum atomic E-state index is -3.73. The van der Waals surface area contributed by atoms with Crippen LogP contribution in [0.2, 0.25) is 0 Å². The summed E-state index contributed by atoms with van der Waals surface area (Å²) in [4.78, 5) is 8.39. The summed E-state index contributed by atoms with van der Waals surface area (Å²) < 4.78 is 30.0. The summed E-state index contributed by atoms with van der Waals surface area (Å²) in [5.41, 5.74) is 2.89. The standard InChI is InChI=1S/C19H23N5O2S/c1-13-8-15(19(3,4)5)9-14(2)18(13)27(25,26)23-16-6-7-17(21-10-16)24-12-20-11-22-24/h6-12,23H,1-5H3. The number of pyridine rings is 1. The molecule has 7 nitrogen and oxygen atoms in total. The van der Waals surface area contributed by atoms with Crippen molar-refractivity contribution in [2.75, 3.05) is 4.72 Å². The number of nitrogens with zero attached hydrogens (tertiary/aromatic N) is 4. The normalized spacial score (nSPS) is 12.2. The number of hydrogen-bond donors (Lipinski definition) is 1. The van der Waals surface area contributed by atoms with Crippen LogP contribution in [0.15, 0.2) is 48.0 Å². The zero-order chi connectivity index (χ0) is 19.8. The van der Waals surface area contributed by atoms with Crippen molar-refractivity contribution >= 4 is 15.7 Å². The first-order valence-corrected chi connectivity index (χ1v) is 10.0. The Kier molecular flexibility index (Phi) is 4.77. The van der Waals surface area contributed by atoms with Crippen LogP contribution in [0.4, 0.5) is 5.69 Å². The van der Waals surface area contributed by atoms with Gasteiger partial charge in [-0.1, -0.05) is 32.9 Å². The zero-order valence-electron chi connectivity index (χ0n) is 16.1. The van der Waals surface area contributed by atoms with Crippen molar-refractivity contribution in [2.45, 2.75) is 44.9 Å². The molecular formula is C19H23N5O2S.